The molecule has 0 aromatic carbocycles. The fourth-order valence-corrected chi connectivity index (χ4v) is 2.87. The first-order valence-electron chi connectivity index (χ1n) is 5.97. The molecular formula is C12H20O4. The molecule has 16 heavy (non-hydrogen) atoms. The maximum absolute atomic E-state index is 11.9. The number of ether oxygens (including phenoxy) is 2. The van der Waals surface area contributed by atoms with E-state index in [9.17, 15) is 9.90 Å². The van der Waals surface area contributed by atoms with Crippen molar-refractivity contribution in [3.8, 4) is 0 Å². The topological polar surface area (TPSA) is 55.8 Å². The van der Waals surface area contributed by atoms with Crippen molar-refractivity contribution >= 4 is 5.97 Å². The van der Waals surface area contributed by atoms with E-state index in [1.807, 2.05) is 6.92 Å². The predicted molar refractivity (Wildman–Crippen MR) is 57.6 cm³/mol. The second-order valence-electron chi connectivity index (χ2n) is 5.29. The van der Waals surface area contributed by atoms with Gasteiger partial charge in [0.2, 0.25) is 0 Å². The van der Waals surface area contributed by atoms with E-state index in [0.717, 1.165) is 19.3 Å². The molecule has 2 rings (SSSR count). The van der Waals surface area contributed by atoms with Gasteiger partial charge in [-0.1, -0.05) is 0 Å². The minimum Gasteiger partial charge on any atom is -0.465 e. The molecule has 0 heterocycles. The Hall–Kier alpha value is -0.610. The van der Waals surface area contributed by atoms with Crippen molar-refractivity contribution in [2.75, 3.05) is 6.61 Å². The average molecular weight is 228 g/mol. The van der Waals surface area contributed by atoms with Crippen LogP contribution < -0.4 is 0 Å². The monoisotopic (exact) mass is 228 g/mol. The maximum atomic E-state index is 11.9. The number of esters is 1. The van der Waals surface area contributed by atoms with Crippen LogP contribution in [0.1, 0.15) is 40.0 Å². The van der Waals surface area contributed by atoms with E-state index in [0.29, 0.717) is 12.5 Å². The smallest absolute Gasteiger partial charge is 0.315 e. The Morgan fingerprint density at radius 3 is 2.69 bits per heavy atom. The number of carbonyl (C=O) groups is 1. The van der Waals surface area contributed by atoms with Crippen molar-refractivity contribution in [2.45, 2.75) is 51.9 Å². The number of fused-ring (bicyclic) bond motifs is 1. The second kappa shape index (κ2) is 3.70. The summed E-state index contributed by atoms with van der Waals surface area (Å²) in [7, 11) is 0. The number of carbonyl (C=O) groups excluding carboxylic acids is 1. The number of rotatable bonds is 4. The second-order valence-corrected chi connectivity index (χ2v) is 5.29. The van der Waals surface area contributed by atoms with Crippen LogP contribution in [0.15, 0.2) is 0 Å². The Kier molecular flexibility index (Phi) is 2.75. The van der Waals surface area contributed by atoms with Crippen molar-refractivity contribution in [1.82, 2.24) is 0 Å². The molecule has 0 radical (unpaired) electrons. The number of aliphatic hydroxyl groups is 1. The Bertz CT molecular complexity index is 294. The van der Waals surface area contributed by atoms with Crippen LogP contribution in [-0.2, 0) is 14.3 Å². The summed E-state index contributed by atoms with van der Waals surface area (Å²) >= 11 is 0. The fraction of sp³-hybridized carbons (Fsp3) is 0.917. The van der Waals surface area contributed by atoms with Gasteiger partial charge in [-0.2, -0.15) is 0 Å². The largest absolute Gasteiger partial charge is 0.465 e. The highest BCUT2D eigenvalue weighted by Gasteiger charge is 2.70. The molecule has 3 atom stereocenters. The Morgan fingerprint density at radius 1 is 1.50 bits per heavy atom. The van der Waals surface area contributed by atoms with E-state index in [2.05, 4.69) is 0 Å². The van der Waals surface area contributed by atoms with Crippen molar-refractivity contribution in [2.24, 2.45) is 11.3 Å². The SMILES string of the molecule is CCOC(=O)[C@@]12C[C@@H]1CC[C@@H]2OC(C)(C)O. The minimum atomic E-state index is -1.18. The molecule has 4 nitrogen and oxygen atoms in total. The van der Waals surface area contributed by atoms with Gasteiger partial charge in [0.15, 0.2) is 5.79 Å². The zero-order valence-electron chi connectivity index (χ0n) is 10.2. The molecule has 0 bridgehead atoms. The molecule has 92 valence electrons. The molecule has 4 heteroatoms. The van der Waals surface area contributed by atoms with E-state index in [1.54, 1.807) is 13.8 Å². The third kappa shape index (κ3) is 1.84. The van der Waals surface area contributed by atoms with Gasteiger partial charge in [-0.05, 0) is 46.0 Å². The Morgan fingerprint density at radius 2 is 2.19 bits per heavy atom. The van der Waals surface area contributed by atoms with Gasteiger partial charge in [-0.15, -0.1) is 0 Å². The van der Waals surface area contributed by atoms with Gasteiger partial charge in [0.25, 0.3) is 0 Å². The van der Waals surface area contributed by atoms with Crippen LogP contribution >= 0.6 is 0 Å². The molecule has 2 fully saturated rings. The summed E-state index contributed by atoms with van der Waals surface area (Å²) in [5.41, 5.74) is -0.448. The lowest BCUT2D eigenvalue weighted by molar-refractivity contribution is -0.221. The first-order chi connectivity index (χ1) is 7.40. The minimum absolute atomic E-state index is 0.147. The highest BCUT2D eigenvalue weighted by molar-refractivity contribution is 5.82. The lowest BCUT2D eigenvalue weighted by Crippen LogP contribution is -2.38. The van der Waals surface area contributed by atoms with Crippen molar-refractivity contribution < 1.29 is 19.4 Å². The summed E-state index contributed by atoms with van der Waals surface area (Å²) in [6.45, 7) is 5.42. The molecular weight excluding hydrogens is 208 g/mol. The highest BCUT2D eigenvalue weighted by atomic mass is 16.6. The van der Waals surface area contributed by atoms with Crippen LogP contribution in [0, 0.1) is 11.3 Å². The summed E-state index contributed by atoms with van der Waals surface area (Å²) in [5, 5.41) is 9.67. The molecule has 2 aliphatic rings. The maximum Gasteiger partial charge on any atom is 0.315 e. The van der Waals surface area contributed by atoms with Crippen LogP contribution in [0.4, 0.5) is 0 Å². The van der Waals surface area contributed by atoms with Crippen LogP contribution in [0.2, 0.25) is 0 Å². The summed E-state index contributed by atoms with van der Waals surface area (Å²) in [6.07, 6.45) is 2.51. The van der Waals surface area contributed by atoms with E-state index in [4.69, 9.17) is 9.47 Å². The van der Waals surface area contributed by atoms with Gasteiger partial charge >= 0.3 is 5.97 Å². The zero-order chi connectivity index (χ0) is 12.0. The molecule has 0 aromatic heterocycles. The van der Waals surface area contributed by atoms with Gasteiger partial charge in [0.1, 0.15) is 0 Å². The first-order valence-corrected chi connectivity index (χ1v) is 5.97. The predicted octanol–water partition coefficient (Wildman–Crippen LogP) is 1.46. The van der Waals surface area contributed by atoms with E-state index >= 15 is 0 Å². The lowest BCUT2D eigenvalue weighted by atomic mass is 10.0. The van der Waals surface area contributed by atoms with Gasteiger partial charge < -0.3 is 14.6 Å². The summed E-state index contributed by atoms with van der Waals surface area (Å²) < 4.78 is 10.7. The standard InChI is InChI=1S/C12H20O4/c1-4-15-10(13)12-7-8(12)5-6-9(12)16-11(2,3)14/h8-9,14H,4-7H2,1-3H3/t8-,9-,12-/m0/s1. The zero-order valence-corrected chi connectivity index (χ0v) is 10.2. The van der Waals surface area contributed by atoms with Gasteiger partial charge in [-0.3, -0.25) is 4.79 Å². The highest BCUT2D eigenvalue weighted by Crippen LogP contribution is 2.65. The average Bonchev–Trinajstić information content (AvgIpc) is 2.79. The normalized spacial score (nSPS) is 37.0. The van der Waals surface area contributed by atoms with E-state index < -0.39 is 11.2 Å². The Labute approximate surface area is 95.9 Å². The Balaban J connectivity index is 2.07. The summed E-state index contributed by atoms with van der Waals surface area (Å²) in [6, 6.07) is 0. The molecule has 0 amide bonds. The molecule has 1 N–H and O–H groups in total. The molecule has 0 spiro atoms. The third-order valence-corrected chi connectivity index (χ3v) is 3.59. The van der Waals surface area contributed by atoms with Gasteiger partial charge in [0, 0.05) is 0 Å². The molecule has 0 unspecified atom stereocenters. The van der Waals surface area contributed by atoms with Gasteiger partial charge in [0.05, 0.1) is 18.1 Å². The van der Waals surface area contributed by atoms with Crippen molar-refractivity contribution in [3.05, 3.63) is 0 Å². The fourth-order valence-electron chi connectivity index (χ4n) is 2.87. The summed E-state index contributed by atoms with van der Waals surface area (Å²) in [5.74, 6) is -0.924. The van der Waals surface area contributed by atoms with Crippen LogP contribution in [0.3, 0.4) is 0 Å². The molecule has 2 saturated carbocycles. The quantitative estimate of drug-likeness (QED) is 0.584. The number of hydrogen-bond acceptors (Lipinski definition) is 4. The number of hydrogen-bond donors (Lipinski definition) is 1. The lowest BCUT2D eigenvalue weighted by Gasteiger charge is -2.28. The van der Waals surface area contributed by atoms with Gasteiger partial charge in [-0.25, -0.2) is 0 Å². The van der Waals surface area contributed by atoms with E-state index in [-0.39, 0.29) is 12.1 Å². The van der Waals surface area contributed by atoms with Crippen LogP contribution in [-0.4, -0.2) is 29.6 Å². The molecule has 2 aliphatic carbocycles. The molecule has 0 aliphatic heterocycles. The molecule has 0 aromatic rings. The van der Waals surface area contributed by atoms with Crippen LogP contribution in [0.25, 0.3) is 0 Å². The van der Waals surface area contributed by atoms with Crippen LogP contribution in [0.5, 0.6) is 0 Å². The molecule has 0 saturated heterocycles. The summed E-state index contributed by atoms with van der Waals surface area (Å²) in [4.78, 5) is 11.9. The first kappa shape index (κ1) is 11.9. The van der Waals surface area contributed by atoms with Crippen molar-refractivity contribution in [3.63, 3.8) is 0 Å². The van der Waals surface area contributed by atoms with E-state index in [1.165, 1.54) is 0 Å². The third-order valence-electron chi connectivity index (χ3n) is 3.59. The van der Waals surface area contributed by atoms with Crippen molar-refractivity contribution in [1.29, 1.82) is 0 Å².